The van der Waals surface area contributed by atoms with Crippen LogP contribution in [0.25, 0.3) is 0 Å². The summed E-state index contributed by atoms with van der Waals surface area (Å²) in [4.78, 5) is 0. The number of unbranched alkanes of at least 4 members (excludes halogenated alkanes) is 11. The quantitative estimate of drug-likeness (QED) is 0.0771. The van der Waals surface area contributed by atoms with E-state index in [0.717, 1.165) is 24.1 Å². The van der Waals surface area contributed by atoms with Gasteiger partial charge in [-0.3, -0.25) is 0 Å². The van der Waals surface area contributed by atoms with E-state index in [1.165, 1.54) is 100 Å². The molecule has 3 rings (SSSR count). The third-order valence-corrected chi connectivity index (χ3v) is 7.57. The van der Waals surface area contributed by atoms with Crippen molar-refractivity contribution in [2.45, 2.75) is 104 Å². The average molecular weight is 612 g/mol. The number of nitrogens with zero attached hydrogens (tertiary/aromatic N) is 1. The Labute approximate surface area is 245 Å². The van der Waals surface area contributed by atoms with Crippen molar-refractivity contribution in [2.24, 2.45) is 0 Å². The standard InChI is InChI=1S/C35H50N.HI/c1-2-3-4-5-6-7-8-9-10-11-12-22-29-36(30-33-23-16-13-17-24-33,31-34-25-18-14-19-26-34)32-35-27-20-15-21-28-35;/h13-21,23-28H,2-12,22,29-32H2,1H3;1H/q+1;/p-1. The van der Waals surface area contributed by atoms with E-state index in [1.54, 1.807) is 0 Å². The van der Waals surface area contributed by atoms with Crippen molar-refractivity contribution in [1.29, 1.82) is 0 Å². The van der Waals surface area contributed by atoms with Crippen molar-refractivity contribution < 1.29 is 28.5 Å². The van der Waals surface area contributed by atoms with Gasteiger partial charge in [-0.2, -0.15) is 0 Å². The van der Waals surface area contributed by atoms with Crippen molar-refractivity contribution >= 4 is 0 Å². The van der Waals surface area contributed by atoms with E-state index in [2.05, 4.69) is 97.9 Å². The monoisotopic (exact) mass is 611 g/mol. The summed E-state index contributed by atoms with van der Waals surface area (Å²) in [5.41, 5.74) is 4.34. The Morgan fingerprint density at radius 3 is 1.03 bits per heavy atom. The minimum Gasteiger partial charge on any atom is -1.00 e. The largest absolute Gasteiger partial charge is 1.00 e. The van der Waals surface area contributed by atoms with Gasteiger partial charge in [-0.05, 0) is 12.8 Å². The summed E-state index contributed by atoms with van der Waals surface area (Å²) in [6.45, 7) is 6.79. The van der Waals surface area contributed by atoms with Crippen molar-refractivity contribution in [3.63, 3.8) is 0 Å². The highest BCUT2D eigenvalue weighted by molar-refractivity contribution is 5.17. The number of hydrogen-bond acceptors (Lipinski definition) is 0. The molecule has 0 heterocycles. The highest BCUT2D eigenvalue weighted by Crippen LogP contribution is 2.26. The van der Waals surface area contributed by atoms with Crippen LogP contribution in [0.15, 0.2) is 91.0 Å². The zero-order chi connectivity index (χ0) is 25.2. The minimum atomic E-state index is 0. The molecule has 0 spiro atoms. The summed E-state index contributed by atoms with van der Waals surface area (Å²) in [6, 6.07) is 33.4. The molecule has 0 aliphatic carbocycles. The van der Waals surface area contributed by atoms with Crippen molar-refractivity contribution in [2.75, 3.05) is 6.54 Å². The Morgan fingerprint density at radius 2 is 0.703 bits per heavy atom. The lowest BCUT2D eigenvalue weighted by Gasteiger charge is -2.39. The molecule has 0 saturated carbocycles. The lowest BCUT2D eigenvalue weighted by Crippen LogP contribution is -3.00. The number of rotatable bonds is 19. The second-order valence-electron chi connectivity index (χ2n) is 10.9. The Hall–Kier alpha value is -1.65. The smallest absolute Gasteiger partial charge is 0.105 e. The van der Waals surface area contributed by atoms with E-state index < -0.39 is 0 Å². The highest BCUT2D eigenvalue weighted by Gasteiger charge is 2.28. The first-order valence-electron chi connectivity index (χ1n) is 14.8. The van der Waals surface area contributed by atoms with Gasteiger partial charge in [0.25, 0.3) is 0 Å². The van der Waals surface area contributed by atoms with Gasteiger partial charge in [0, 0.05) is 16.7 Å². The van der Waals surface area contributed by atoms with E-state index in [4.69, 9.17) is 0 Å². The second-order valence-corrected chi connectivity index (χ2v) is 10.9. The third-order valence-electron chi connectivity index (χ3n) is 7.57. The molecule has 0 aliphatic heterocycles. The zero-order valence-corrected chi connectivity index (χ0v) is 25.5. The van der Waals surface area contributed by atoms with Crippen LogP contribution in [0.2, 0.25) is 0 Å². The van der Waals surface area contributed by atoms with E-state index in [1.807, 2.05) is 0 Å². The maximum atomic E-state index is 2.31. The van der Waals surface area contributed by atoms with E-state index >= 15 is 0 Å². The molecule has 0 atom stereocenters. The van der Waals surface area contributed by atoms with Gasteiger partial charge >= 0.3 is 0 Å². The predicted molar refractivity (Wildman–Crippen MR) is 157 cm³/mol. The molecule has 1 nitrogen and oxygen atoms in total. The van der Waals surface area contributed by atoms with Crippen LogP contribution in [0.3, 0.4) is 0 Å². The topological polar surface area (TPSA) is 0 Å². The van der Waals surface area contributed by atoms with Crippen LogP contribution in [0, 0.1) is 0 Å². The van der Waals surface area contributed by atoms with Crippen LogP contribution in [-0.2, 0) is 19.6 Å². The highest BCUT2D eigenvalue weighted by atomic mass is 127. The first kappa shape index (κ1) is 31.6. The maximum Gasteiger partial charge on any atom is 0.105 e. The summed E-state index contributed by atoms with van der Waals surface area (Å²) < 4.78 is 1.09. The lowest BCUT2D eigenvalue weighted by molar-refractivity contribution is -0.966. The lowest BCUT2D eigenvalue weighted by atomic mass is 10.0. The summed E-state index contributed by atoms with van der Waals surface area (Å²) in [5, 5.41) is 0. The van der Waals surface area contributed by atoms with Gasteiger partial charge in [-0.15, -0.1) is 0 Å². The molecular formula is C35H50IN. The van der Waals surface area contributed by atoms with E-state index in [0.29, 0.717) is 0 Å². The molecule has 0 fully saturated rings. The van der Waals surface area contributed by atoms with Gasteiger partial charge in [-0.25, -0.2) is 0 Å². The molecule has 0 amide bonds. The molecule has 0 aliphatic rings. The minimum absolute atomic E-state index is 0. The van der Waals surface area contributed by atoms with Crippen LogP contribution < -0.4 is 24.0 Å². The Balaban J connectivity index is 0.00000481. The SMILES string of the molecule is CCCCCCCCCCCCCC[N+](Cc1ccccc1)(Cc1ccccc1)Cc1ccccc1.[I-]. The molecule has 37 heavy (non-hydrogen) atoms. The summed E-state index contributed by atoms with van der Waals surface area (Å²) >= 11 is 0. The van der Waals surface area contributed by atoms with Crippen LogP contribution in [0.5, 0.6) is 0 Å². The Bertz CT molecular complexity index is 808. The number of halogens is 1. The molecular weight excluding hydrogens is 561 g/mol. The summed E-state index contributed by atoms with van der Waals surface area (Å²) in [5.74, 6) is 0. The molecule has 202 valence electrons. The van der Waals surface area contributed by atoms with Gasteiger partial charge in [0.15, 0.2) is 0 Å². The Kier molecular flexibility index (Phi) is 16.6. The fourth-order valence-corrected chi connectivity index (χ4v) is 5.61. The molecule has 2 heteroatoms. The van der Waals surface area contributed by atoms with Crippen molar-refractivity contribution in [3.8, 4) is 0 Å². The average Bonchev–Trinajstić information content (AvgIpc) is 2.91. The normalized spacial score (nSPS) is 11.3. The van der Waals surface area contributed by atoms with Gasteiger partial charge < -0.3 is 28.5 Å². The second kappa shape index (κ2) is 19.4. The fourth-order valence-electron chi connectivity index (χ4n) is 5.61. The van der Waals surface area contributed by atoms with Crippen LogP contribution in [0.1, 0.15) is 101 Å². The van der Waals surface area contributed by atoms with Gasteiger partial charge in [0.2, 0.25) is 0 Å². The maximum absolute atomic E-state index is 2.31. The molecule has 0 radical (unpaired) electrons. The molecule has 0 N–H and O–H groups in total. The van der Waals surface area contributed by atoms with Gasteiger partial charge in [-0.1, -0.05) is 162 Å². The zero-order valence-electron chi connectivity index (χ0n) is 23.3. The van der Waals surface area contributed by atoms with Crippen LogP contribution in [-0.4, -0.2) is 11.0 Å². The van der Waals surface area contributed by atoms with Gasteiger partial charge in [0.1, 0.15) is 19.6 Å². The molecule has 3 aromatic rings. The first-order chi connectivity index (χ1) is 17.8. The summed E-state index contributed by atoms with van der Waals surface area (Å²) in [6.07, 6.45) is 16.8. The number of quaternary nitrogens is 1. The first-order valence-corrected chi connectivity index (χ1v) is 14.8. The molecule has 3 aromatic carbocycles. The van der Waals surface area contributed by atoms with Gasteiger partial charge in [0.05, 0.1) is 6.54 Å². The van der Waals surface area contributed by atoms with Crippen LogP contribution in [0.4, 0.5) is 0 Å². The van der Waals surface area contributed by atoms with E-state index in [9.17, 15) is 0 Å². The third kappa shape index (κ3) is 13.1. The molecule has 0 saturated heterocycles. The molecule has 0 bridgehead atoms. The number of benzene rings is 3. The van der Waals surface area contributed by atoms with Crippen LogP contribution >= 0.6 is 0 Å². The van der Waals surface area contributed by atoms with E-state index in [-0.39, 0.29) is 24.0 Å². The number of hydrogen-bond donors (Lipinski definition) is 0. The Morgan fingerprint density at radius 1 is 0.405 bits per heavy atom. The molecule has 0 aromatic heterocycles. The van der Waals surface area contributed by atoms with Crippen molar-refractivity contribution in [3.05, 3.63) is 108 Å². The fraction of sp³-hybridized carbons (Fsp3) is 0.486. The predicted octanol–water partition coefficient (Wildman–Crippen LogP) is 7.11. The summed E-state index contributed by atoms with van der Waals surface area (Å²) in [7, 11) is 0. The molecule has 0 unspecified atom stereocenters. The van der Waals surface area contributed by atoms with Crippen molar-refractivity contribution in [1.82, 2.24) is 0 Å².